The van der Waals surface area contributed by atoms with Crippen molar-refractivity contribution in [3.8, 4) is 0 Å². The normalized spacial score (nSPS) is 27.4. The summed E-state index contributed by atoms with van der Waals surface area (Å²) in [6.45, 7) is 8.41. The molecule has 0 amide bonds. The van der Waals surface area contributed by atoms with Crippen LogP contribution in [0.4, 0.5) is 0 Å². The molecule has 2 atom stereocenters. The average Bonchev–Trinajstić information content (AvgIpc) is 2.28. The standard InChI is InChI=1S/C15H22O2S/c1-11(2)13-10-14(17-15(3,4)16-13)18-12-8-6-5-7-9-12/h5-9,11,13-14H,10H2,1-4H3/t13-,14?/m1/s1. The summed E-state index contributed by atoms with van der Waals surface area (Å²) in [6.07, 6.45) is 1.22. The Morgan fingerprint density at radius 2 is 1.83 bits per heavy atom. The summed E-state index contributed by atoms with van der Waals surface area (Å²) in [5.41, 5.74) is 0.170. The van der Waals surface area contributed by atoms with Crippen LogP contribution < -0.4 is 0 Å². The fourth-order valence-corrected chi connectivity index (χ4v) is 3.31. The molecule has 0 saturated carbocycles. The van der Waals surface area contributed by atoms with E-state index in [4.69, 9.17) is 9.47 Å². The molecule has 0 aromatic heterocycles. The minimum atomic E-state index is -0.486. The molecule has 0 radical (unpaired) electrons. The smallest absolute Gasteiger partial charge is 0.164 e. The number of ether oxygens (including phenoxy) is 2. The van der Waals surface area contributed by atoms with E-state index in [0.29, 0.717) is 5.92 Å². The van der Waals surface area contributed by atoms with Crippen molar-refractivity contribution in [2.75, 3.05) is 0 Å². The van der Waals surface area contributed by atoms with Gasteiger partial charge in [0.05, 0.1) is 6.10 Å². The predicted molar refractivity (Wildman–Crippen MR) is 75.6 cm³/mol. The highest BCUT2D eigenvalue weighted by molar-refractivity contribution is 7.99. The van der Waals surface area contributed by atoms with Gasteiger partial charge in [-0.05, 0) is 31.9 Å². The van der Waals surface area contributed by atoms with E-state index in [-0.39, 0.29) is 11.5 Å². The molecule has 1 aromatic rings. The minimum Gasteiger partial charge on any atom is -0.347 e. The quantitative estimate of drug-likeness (QED) is 0.812. The largest absolute Gasteiger partial charge is 0.347 e. The molecule has 1 saturated heterocycles. The zero-order valence-corrected chi connectivity index (χ0v) is 12.4. The second-order valence-electron chi connectivity index (χ2n) is 5.51. The summed E-state index contributed by atoms with van der Waals surface area (Å²) < 4.78 is 12.0. The molecule has 2 rings (SSSR count). The van der Waals surface area contributed by atoms with Crippen LogP contribution in [0.15, 0.2) is 35.2 Å². The van der Waals surface area contributed by atoms with Crippen molar-refractivity contribution >= 4 is 11.8 Å². The summed E-state index contributed by atoms with van der Waals surface area (Å²) in [5.74, 6) is 0.0339. The fraction of sp³-hybridized carbons (Fsp3) is 0.600. The molecule has 1 aliphatic rings. The Bertz CT molecular complexity index is 375. The number of rotatable bonds is 3. The first-order chi connectivity index (χ1) is 8.46. The lowest BCUT2D eigenvalue weighted by molar-refractivity contribution is -0.288. The predicted octanol–water partition coefficient (Wildman–Crippen LogP) is 4.30. The van der Waals surface area contributed by atoms with Crippen LogP contribution in [-0.2, 0) is 9.47 Å². The third-order valence-electron chi connectivity index (χ3n) is 3.03. The highest BCUT2D eigenvalue weighted by atomic mass is 32.2. The number of hydrogen-bond acceptors (Lipinski definition) is 3. The van der Waals surface area contributed by atoms with Crippen LogP contribution in [0.1, 0.15) is 34.1 Å². The Morgan fingerprint density at radius 3 is 2.44 bits per heavy atom. The number of hydrogen-bond donors (Lipinski definition) is 0. The Kier molecular flexibility index (Phi) is 4.36. The van der Waals surface area contributed by atoms with Gasteiger partial charge in [0.15, 0.2) is 5.79 Å². The molecule has 0 N–H and O–H groups in total. The van der Waals surface area contributed by atoms with Gasteiger partial charge >= 0.3 is 0 Å². The molecule has 0 aliphatic carbocycles. The SMILES string of the molecule is CC(C)[C@H]1CC(Sc2ccccc2)OC(C)(C)O1. The van der Waals surface area contributed by atoms with Gasteiger partial charge in [0.25, 0.3) is 0 Å². The van der Waals surface area contributed by atoms with Gasteiger partial charge in [-0.1, -0.05) is 43.8 Å². The maximum Gasteiger partial charge on any atom is 0.164 e. The van der Waals surface area contributed by atoms with Crippen molar-refractivity contribution < 1.29 is 9.47 Å². The number of benzene rings is 1. The zero-order chi connectivity index (χ0) is 13.2. The maximum absolute atomic E-state index is 6.00. The van der Waals surface area contributed by atoms with Gasteiger partial charge in [0.1, 0.15) is 5.44 Å². The van der Waals surface area contributed by atoms with Crippen LogP contribution in [0.25, 0.3) is 0 Å². The summed E-state index contributed by atoms with van der Waals surface area (Å²) in [7, 11) is 0. The first kappa shape index (κ1) is 13.9. The number of thioether (sulfide) groups is 1. The molecule has 3 heteroatoms. The molecular formula is C15H22O2S. The van der Waals surface area contributed by atoms with Crippen molar-refractivity contribution in [1.29, 1.82) is 0 Å². The Balaban J connectivity index is 2.04. The Morgan fingerprint density at radius 1 is 1.17 bits per heavy atom. The first-order valence-corrected chi connectivity index (χ1v) is 7.41. The summed E-state index contributed by atoms with van der Waals surface area (Å²) in [4.78, 5) is 1.25. The molecule has 0 spiro atoms. The third-order valence-corrected chi connectivity index (χ3v) is 4.13. The van der Waals surface area contributed by atoms with Crippen LogP contribution in [0.3, 0.4) is 0 Å². The molecule has 0 bridgehead atoms. The first-order valence-electron chi connectivity index (χ1n) is 6.53. The van der Waals surface area contributed by atoms with Gasteiger partial charge in [-0.3, -0.25) is 0 Å². The highest BCUT2D eigenvalue weighted by Gasteiger charge is 2.37. The molecule has 1 heterocycles. The molecule has 1 aliphatic heterocycles. The van der Waals surface area contributed by atoms with Crippen molar-refractivity contribution in [2.24, 2.45) is 5.92 Å². The van der Waals surface area contributed by atoms with E-state index in [1.54, 1.807) is 11.8 Å². The third kappa shape index (κ3) is 3.74. The van der Waals surface area contributed by atoms with E-state index in [0.717, 1.165) is 6.42 Å². The van der Waals surface area contributed by atoms with E-state index >= 15 is 0 Å². The molecule has 1 aromatic carbocycles. The van der Waals surface area contributed by atoms with E-state index in [1.165, 1.54) is 4.90 Å². The lowest BCUT2D eigenvalue weighted by Crippen LogP contribution is -2.45. The Labute approximate surface area is 114 Å². The van der Waals surface area contributed by atoms with Gasteiger partial charge in [-0.2, -0.15) is 0 Å². The lowest BCUT2D eigenvalue weighted by Gasteiger charge is -2.42. The van der Waals surface area contributed by atoms with Crippen molar-refractivity contribution in [3.05, 3.63) is 30.3 Å². The van der Waals surface area contributed by atoms with Crippen molar-refractivity contribution in [1.82, 2.24) is 0 Å². The van der Waals surface area contributed by atoms with Crippen molar-refractivity contribution in [3.63, 3.8) is 0 Å². The molecule has 18 heavy (non-hydrogen) atoms. The summed E-state index contributed by atoms with van der Waals surface area (Å²) >= 11 is 1.79. The molecule has 100 valence electrons. The van der Waals surface area contributed by atoms with E-state index in [1.807, 2.05) is 19.9 Å². The second kappa shape index (κ2) is 5.64. The lowest BCUT2D eigenvalue weighted by atomic mass is 10.0. The van der Waals surface area contributed by atoms with Gasteiger partial charge in [-0.15, -0.1) is 0 Å². The van der Waals surface area contributed by atoms with E-state index in [2.05, 4.69) is 38.1 Å². The van der Waals surface area contributed by atoms with Crippen LogP contribution in [-0.4, -0.2) is 17.3 Å². The summed E-state index contributed by atoms with van der Waals surface area (Å²) in [5, 5.41) is 0. The topological polar surface area (TPSA) is 18.5 Å². The summed E-state index contributed by atoms with van der Waals surface area (Å²) in [6, 6.07) is 10.4. The van der Waals surface area contributed by atoms with Gasteiger partial charge in [0, 0.05) is 11.3 Å². The van der Waals surface area contributed by atoms with Crippen LogP contribution in [0, 0.1) is 5.92 Å². The van der Waals surface area contributed by atoms with E-state index in [9.17, 15) is 0 Å². The van der Waals surface area contributed by atoms with Crippen molar-refractivity contribution in [2.45, 2.75) is 56.3 Å². The Hall–Kier alpha value is -0.510. The average molecular weight is 266 g/mol. The van der Waals surface area contributed by atoms with Crippen LogP contribution in [0.2, 0.25) is 0 Å². The molecule has 1 unspecified atom stereocenters. The fourth-order valence-electron chi connectivity index (χ4n) is 2.13. The molecule has 2 nitrogen and oxygen atoms in total. The maximum atomic E-state index is 6.00. The van der Waals surface area contributed by atoms with Crippen LogP contribution in [0.5, 0.6) is 0 Å². The molecule has 1 fully saturated rings. The second-order valence-corrected chi connectivity index (χ2v) is 6.75. The van der Waals surface area contributed by atoms with Crippen LogP contribution >= 0.6 is 11.8 Å². The monoisotopic (exact) mass is 266 g/mol. The minimum absolute atomic E-state index is 0.170. The zero-order valence-electron chi connectivity index (χ0n) is 11.6. The van der Waals surface area contributed by atoms with Gasteiger partial charge in [-0.25, -0.2) is 0 Å². The van der Waals surface area contributed by atoms with Gasteiger partial charge < -0.3 is 9.47 Å². The van der Waals surface area contributed by atoms with E-state index < -0.39 is 5.79 Å². The highest BCUT2D eigenvalue weighted by Crippen LogP contribution is 2.37. The molecular weight excluding hydrogens is 244 g/mol. The van der Waals surface area contributed by atoms with Gasteiger partial charge in [0.2, 0.25) is 0 Å².